The molecule has 0 saturated heterocycles. The molecule has 0 bridgehead atoms. The summed E-state index contributed by atoms with van der Waals surface area (Å²) in [5.74, 6) is -1.05. The highest BCUT2D eigenvalue weighted by Crippen LogP contribution is 2.25. The van der Waals surface area contributed by atoms with Crippen LogP contribution in [0, 0.1) is 18.6 Å². The number of hydrogen-bond acceptors (Lipinski definition) is 1. The van der Waals surface area contributed by atoms with Crippen LogP contribution in [0.5, 0.6) is 0 Å². The van der Waals surface area contributed by atoms with Crippen LogP contribution in [-0.4, -0.2) is 6.04 Å². The maximum atomic E-state index is 13.5. The van der Waals surface area contributed by atoms with E-state index in [0.29, 0.717) is 5.56 Å². The van der Waals surface area contributed by atoms with Gasteiger partial charge in [0.15, 0.2) is 0 Å². The van der Waals surface area contributed by atoms with Gasteiger partial charge >= 0.3 is 0 Å². The van der Waals surface area contributed by atoms with Crippen molar-refractivity contribution in [3.05, 3.63) is 33.3 Å². The fraction of sp³-hybridized carbons (Fsp3) is 0.400. The lowest BCUT2D eigenvalue weighted by Gasteiger charge is -2.11. The minimum atomic E-state index is -0.551. The zero-order valence-corrected chi connectivity index (χ0v) is 9.66. The summed E-state index contributed by atoms with van der Waals surface area (Å²) < 4.78 is 27.2. The maximum Gasteiger partial charge on any atom is 0.143 e. The second-order valence-corrected chi connectivity index (χ2v) is 4.32. The molecule has 0 aliphatic carbocycles. The van der Waals surface area contributed by atoms with Crippen LogP contribution in [0.25, 0.3) is 0 Å². The van der Waals surface area contributed by atoms with Gasteiger partial charge in [-0.15, -0.1) is 0 Å². The average Bonchev–Trinajstić information content (AvgIpc) is 2.09. The van der Waals surface area contributed by atoms with Gasteiger partial charge in [0.05, 0.1) is 4.47 Å². The predicted octanol–water partition coefficient (Wildman–Crippen LogP) is 2.93. The fourth-order valence-electron chi connectivity index (χ4n) is 1.30. The van der Waals surface area contributed by atoms with Crippen LogP contribution in [0.3, 0.4) is 0 Å². The highest BCUT2D eigenvalue weighted by Gasteiger charge is 2.16. The lowest BCUT2D eigenvalue weighted by atomic mass is 10.0. The molecule has 1 aromatic rings. The molecule has 1 aromatic carbocycles. The summed E-state index contributed by atoms with van der Waals surface area (Å²) in [4.78, 5) is 0. The van der Waals surface area contributed by atoms with Crippen molar-refractivity contribution in [2.24, 2.45) is 5.73 Å². The van der Waals surface area contributed by atoms with Gasteiger partial charge in [-0.1, -0.05) is 0 Å². The third-order valence-corrected chi connectivity index (χ3v) is 2.53. The zero-order chi connectivity index (χ0) is 10.9. The highest BCUT2D eigenvalue weighted by molar-refractivity contribution is 9.10. The first-order chi connectivity index (χ1) is 6.43. The van der Waals surface area contributed by atoms with Gasteiger partial charge in [0, 0.05) is 11.6 Å². The summed E-state index contributed by atoms with van der Waals surface area (Å²) >= 11 is 3.04. The van der Waals surface area contributed by atoms with Crippen LogP contribution < -0.4 is 5.73 Å². The van der Waals surface area contributed by atoms with Crippen molar-refractivity contribution < 1.29 is 8.78 Å². The predicted molar refractivity (Wildman–Crippen MR) is 56.1 cm³/mol. The van der Waals surface area contributed by atoms with E-state index in [0.717, 1.165) is 0 Å². The molecule has 0 aromatic heterocycles. The second-order valence-electron chi connectivity index (χ2n) is 3.46. The molecule has 0 amide bonds. The fourth-order valence-corrected chi connectivity index (χ4v) is 1.88. The lowest BCUT2D eigenvalue weighted by molar-refractivity contribution is 0.533. The molecule has 0 aliphatic rings. The van der Waals surface area contributed by atoms with E-state index in [1.807, 2.05) is 0 Å². The molecule has 0 aliphatic heterocycles. The summed E-state index contributed by atoms with van der Waals surface area (Å²) in [6, 6.07) is 1.17. The topological polar surface area (TPSA) is 26.0 Å². The third kappa shape index (κ3) is 2.30. The van der Waals surface area contributed by atoms with Gasteiger partial charge in [0.2, 0.25) is 0 Å². The monoisotopic (exact) mass is 263 g/mol. The molecule has 1 atom stereocenters. The van der Waals surface area contributed by atoms with Gasteiger partial charge in [-0.3, -0.25) is 0 Å². The largest absolute Gasteiger partial charge is 0.328 e. The van der Waals surface area contributed by atoms with Crippen molar-refractivity contribution in [1.29, 1.82) is 0 Å². The summed E-state index contributed by atoms with van der Waals surface area (Å²) in [7, 11) is 0. The Kier molecular flexibility index (Phi) is 3.61. The molecular formula is C10H12BrF2N. The summed E-state index contributed by atoms with van der Waals surface area (Å²) in [5, 5.41) is 0. The van der Waals surface area contributed by atoms with E-state index >= 15 is 0 Å². The Morgan fingerprint density at radius 2 is 2.00 bits per heavy atom. The number of aryl methyl sites for hydroxylation is 1. The van der Waals surface area contributed by atoms with Crippen LogP contribution in [0.15, 0.2) is 10.5 Å². The molecule has 0 radical (unpaired) electrons. The van der Waals surface area contributed by atoms with Crippen molar-refractivity contribution in [2.45, 2.75) is 26.3 Å². The third-order valence-electron chi connectivity index (χ3n) is 1.96. The molecule has 14 heavy (non-hydrogen) atoms. The standard InChI is InChI=1S/C10H12BrF2N/c1-5-3-8(11)10(13)7(9(5)12)4-6(2)14/h3,6H,4,14H2,1-2H3. The van der Waals surface area contributed by atoms with Crippen LogP contribution in [-0.2, 0) is 6.42 Å². The first-order valence-corrected chi connectivity index (χ1v) is 5.11. The maximum absolute atomic E-state index is 13.5. The Balaban J connectivity index is 3.25. The van der Waals surface area contributed by atoms with E-state index in [1.165, 1.54) is 6.07 Å². The van der Waals surface area contributed by atoms with Crippen molar-refractivity contribution in [1.82, 2.24) is 0 Å². The molecule has 0 saturated carbocycles. The van der Waals surface area contributed by atoms with Crippen molar-refractivity contribution in [3.63, 3.8) is 0 Å². The molecule has 2 N–H and O–H groups in total. The molecule has 1 nitrogen and oxygen atoms in total. The Labute approximate surface area is 90.4 Å². The highest BCUT2D eigenvalue weighted by atomic mass is 79.9. The summed E-state index contributed by atoms with van der Waals surface area (Å²) in [5.41, 5.74) is 6.00. The molecule has 0 spiro atoms. The van der Waals surface area contributed by atoms with Gasteiger partial charge < -0.3 is 5.73 Å². The Hall–Kier alpha value is -0.480. The second kappa shape index (κ2) is 4.36. The number of rotatable bonds is 2. The number of hydrogen-bond donors (Lipinski definition) is 1. The number of halogens is 3. The molecule has 0 heterocycles. The van der Waals surface area contributed by atoms with Gasteiger partial charge in [-0.2, -0.15) is 0 Å². The van der Waals surface area contributed by atoms with Crippen LogP contribution >= 0.6 is 15.9 Å². The molecule has 1 rings (SSSR count). The lowest BCUT2D eigenvalue weighted by Crippen LogP contribution is -2.20. The summed E-state index contributed by atoms with van der Waals surface area (Å²) in [6.07, 6.45) is 0.206. The SMILES string of the molecule is Cc1cc(Br)c(F)c(CC(C)N)c1F. The smallest absolute Gasteiger partial charge is 0.143 e. The van der Waals surface area contributed by atoms with E-state index < -0.39 is 11.6 Å². The number of nitrogens with two attached hydrogens (primary N) is 1. The van der Waals surface area contributed by atoms with Crippen LogP contribution in [0.2, 0.25) is 0 Å². The molecule has 0 fully saturated rings. The Bertz CT molecular complexity index is 324. The first-order valence-electron chi connectivity index (χ1n) is 4.32. The molecule has 1 unspecified atom stereocenters. The normalized spacial score (nSPS) is 13.0. The van der Waals surface area contributed by atoms with Gasteiger partial charge in [0.25, 0.3) is 0 Å². The Morgan fingerprint density at radius 3 is 2.50 bits per heavy atom. The average molecular weight is 264 g/mol. The molecule has 4 heteroatoms. The van der Waals surface area contributed by atoms with Gasteiger partial charge in [0.1, 0.15) is 11.6 Å². The summed E-state index contributed by atoms with van der Waals surface area (Å²) in [6.45, 7) is 3.32. The van der Waals surface area contributed by atoms with Crippen LogP contribution in [0.4, 0.5) is 8.78 Å². The van der Waals surface area contributed by atoms with Gasteiger partial charge in [-0.25, -0.2) is 8.78 Å². The van der Waals surface area contributed by atoms with Crippen molar-refractivity contribution in [3.8, 4) is 0 Å². The van der Waals surface area contributed by atoms with E-state index in [2.05, 4.69) is 15.9 Å². The van der Waals surface area contributed by atoms with Crippen LogP contribution in [0.1, 0.15) is 18.1 Å². The van der Waals surface area contributed by atoms with E-state index in [9.17, 15) is 8.78 Å². The van der Waals surface area contributed by atoms with E-state index in [-0.39, 0.29) is 22.5 Å². The van der Waals surface area contributed by atoms with E-state index in [4.69, 9.17) is 5.73 Å². The zero-order valence-electron chi connectivity index (χ0n) is 8.07. The quantitative estimate of drug-likeness (QED) is 0.816. The molecule has 78 valence electrons. The van der Waals surface area contributed by atoms with Gasteiger partial charge in [-0.05, 0) is 47.8 Å². The minimum Gasteiger partial charge on any atom is -0.328 e. The Morgan fingerprint density at radius 1 is 1.43 bits per heavy atom. The van der Waals surface area contributed by atoms with Crippen molar-refractivity contribution >= 4 is 15.9 Å². The minimum absolute atomic E-state index is 0.0619. The first kappa shape index (κ1) is 11.6. The number of benzene rings is 1. The molecular weight excluding hydrogens is 252 g/mol. The van der Waals surface area contributed by atoms with E-state index in [1.54, 1.807) is 13.8 Å². The van der Waals surface area contributed by atoms with Crippen molar-refractivity contribution in [2.75, 3.05) is 0 Å².